The Kier molecular flexibility index (Phi) is 3.50. The SMILES string of the molecule is C=C(C)[C@@H]1CCC[C@H](OC(C)=O)C1=C. The number of hydrogen-bond acceptors (Lipinski definition) is 2. The number of ether oxygens (including phenoxy) is 1. The second-order valence-electron chi connectivity index (χ2n) is 4.00. The van der Waals surface area contributed by atoms with Gasteiger partial charge in [0.2, 0.25) is 0 Å². The third-order valence-electron chi connectivity index (χ3n) is 2.72. The van der Waals surface area contributed by atoms with E-state index in [4.69, 9.17) is 4.74 Å². The van der Waals surface area contributed by atoms with Gasteiger partial charge in [0.05, 0.1) is 0 Å². The first-order valence-electron chi connectivity index (χ1n) is 5.03. The predicted octanol–water partition coefficient (Wildman–Crippen LogP) is 2.85. The van der Waals surface area contributed by atoms with Crippen LogP contribution in [0.3, 0.4) is 0 Å². The van der Waals surface area contributed by atoms with Crippen LogP contribution in [0.1, 0.15) is 33.1 Å². The highest BCUT2D eigenvalue weighted by molar-refractivity contribution is 5.66. The van der Waals surface area contributed by atoms with Gasteiger partial charge in [-0.2, -0.15) is 0 Å². The number of carbonyl (C=O) groups is 1. The Balaban J connectivity index is 2.66. The monoisotopic (exact) mass is 194 g/mol. The van der Waals surface area contributed by atoms with Gasteiger partial charge in [0.25, 0.3) is 0 Å². The minimum absolute atomic E-state index is 0.0945. The van der Waals surface area contributed by atoms with Gasteiger partial charge in [-0.05, 0) is 31.8 Å². The van der Waals surface area contributed by atoms with Crippen LogP contribution in [0.15, 0.2) is 24.3 Å². The van der Waals surface area contributed by atoms with Crippen LogP contribution < -0.4 is 0 Å². The van der Waals surface area contributed by atoms with E-state index >= 15 is 0 Å². The molecule has 0 amide bonds. The molecule has 78 valence electrons. The normalized spacial score (nSPS) is 27.1. The van der Waals surface area contributed by atoms with Gasteiger partial charge < -0.3 is 4.74 Å². The van der Waals surface area contributed by atoms with E-state index in [2.05, 4.69) is 13.2 Å². The first-order valence-corrected chi connectivity index (χ1v) is 5.03. The maximum absolute atomic E-state index is 10.8. The van der Waals surface area contributed by atoms with Gasteiger partial charge in [0, 0.05) is 12.8 Å². The molecule has 0 aromatic rings. The molecule has 2 nitrogen and oxygen atoms in total. The zero-order valence-corrected chi connectivity index (χ0v) is 9.01. The molecule has 0 unspecified atom stereocenters. The van der Waals surface area contributed by atoms with Crippen molar-refractivity contribution in [2.45, 2.75) is 39.2 Å². The summed E-state index contributed by atoms with van der Waals surface area (Å²) < 4.78 is 5.20. The van der Waals surface area contributed by atoms with Crippen LogP contribution in [0.25, 0.3) is 0 Å². The fraction of sp³-hybridized carbons (Fsp3) is 0.583. The molecule has 0 aliphatic heterocycles. The number of carbonyl (C=O) groups excluding carboxylic acids is 1. The highest BCUT2D eigenvalue weighted by Gasteiger charge is 2.28. The first kappa shape index (κ1) is 11.0. The smallest absolute Gasteiger partial charge is 0.303 e. The largest absolute Gasteiger partial charge is 0.458 e. The quantitative estimate of drug-likeness (QED) is 0.499. The molecule has 0 aromatic heterocycles. The molecule has 1 saturated carbocycles. The van der Waals surface area contributed by atoms with Crippen molar-refractivity contribution in [3.05, 3.63) is 24.3 Å². The van der Waals surface area contributed by atoms with Crippen LogP contribution in [0, 0.1) is 5.92 Å². The highest BCUT2D eigenvalue weighted by Crippen LogP contribution is 2.34. The third-order valence-corrected chi connectivity index (χ3v) is 2.72. The fourth-order valence-corrected chi connectivity index (χ4v) is 2.00. The summed E-state index contributed by atoms with van der Waals surface area (Å²) in [6.45, 7) is 11.4. The second-order valence-corrected chi connectivity index (χ2v) is 4.00. The van der Waals surface area contributed by atoms with Crippen molar-refractivity contribution < 1.29 is 9.53 Å². The van der Waals surface area contributed by atoms with Crippen LogP contribution in [0.5, 0.6) is 0 Å². The standard InChI is InChI=1S/C12H18O2/c1-8(2)11-6-5-7-12(9(11)3)14-10(4)13/h11-12H,1,3,5-7H2,2,4H3/t11-,12-/m0/s1. The summed E-state index contributed by atoms with van der Waals surface area (Å²) in [6, 6.07) is 0. The average molecular weight is 194 g/mol. The van der Waals surface area contributed by atoms with Crippen molar-refractivity contribution in [1.29, 1.82) is 0 Å². The minimum atomic E-state index is -0.224. The summed E-state index contributed by atoms with van der Waals surface area (Å²) in [7, 11) is 0. The highest BCUT2D eigenvalue weighted by atomic mass is 16.5. The molecule has 14 heavy (non-hydrogen) atoms. The van der Waals surface area contributed by atoms with Gasteiger partial charge in [-0.3, -0.25) is 4.79 Å². The lowest BCUT2D eigenvalue weighted by molar-refractivity contribution is -0.145. The number of esters is 1. The average Bonchev–Trinajstić information content (AvgIpc) is 2.07. The summed E-state index contributed by atoms with van der Waals surface area (Å²) in [4.78, 5) is 10.8. The van der Waals surface area contributed by atoms with E-state index in [-0.39, 0.29) is 12.1 Å². The van der Waals surface area contributed by atoms with E-state index < -0.39 is 0 Å². The molecule has 1 aliphatic carbocycles. The molecule has 0 spiro atoms. The molecule has 2 heteroatoms. The zero-order valence-electron chi connectivity index (χ0n) is 9.01. The summed E-state index contributed by atoms with van der Waals surface area (Å²) in [5, 5.41) is 0. The van der Waals surface area contributed by atoms with Crippen molar-refractivity contribution in [2.24, 2.45) is 5.92 Å². The van der Waals surface area contributed by atoms with Crippen LogP contribution in [0.4, 0.5) is 0 Å². The molecule has 0 radical (unpaired) electrons. The van der Waals surface area contributed by atoms with Gasteiger partial charge in [-0.1, -0.05) is 18.7 Å². The lowest BCUT2D eigenvalue weighted by Gasteiger charge is -2.31. The molecule has 0 N–H and O–H groups in total. The summed E-state index contributed by atoms with van der Waals surface area (Å²) in [5.41, 5.74) is 2.13. The first-order chi connectivity index (χ1) is 6.52. The van der Waals surface area contributed by atoms with E-state index in [0.717, 1.165) is 30.4 Å². The van der Waals surface area contributed by atoms with Crippen molar-refractivity contribution in [3.63, 3.8) is 0 Å². The molecular weight excluding hydrogens is 176 g/mol. The van der Waals surface area contributed by atoms with Gasteiger partial charge in [0.1, 0.15) is 6.10 Å². The van der Waals surface area contributed by atoms with Crippen LogP contribution in [0.2, 0.25) is 0 Å². The summed E-state index contributed by atoms with van der Waals surface area (Å²) in [6.07, 6.45) is 2.98. The lowest BCUT2D eigenvalue weighted by atomic mass is 9.79. The van der Waals surface area contributed by atoms with Crippen LogP contribution >= 0.6 is 0 Å². The number of hydrogen-bond donors (Lipinski definition) is 0. The minimum Gasteiger partial charge on any atom is -0.458 e. The van der Waals surface area contributed by atoms with Crippen molar-refractivity contribution >= 4 is 5.97 Å². The van der Waals surface area contributed by atoms with Crippen LogP contribution in [-0.4, -0.2) is 12.1 Å². The van der Waals surface area contributed by atoms with E-state index in [0.29, 0.717) is 5.92 Å². The fourth-order valence-electron chi connectivity index (χ4n) is 2.00. The maximum Gasteiger partial charge on any atom is 0.303 e. The van der Waals surface area contributed by atoms with E-state index in [9.17, 15) is 4.79 Å². The number of rotatable bonds is 2. The van der Waals surface area contributed by atoms with Crippen molar-refractivity contribution in [2.75, 3.05) is 0 Å². The molecule has 0 heterocycles. The molecule has 2 atom stereocenters. The topological polar surface area (TPSA) is 26.3 Å². The predicted molar refractivity (Wildman–Crippen MR) is 56.8 cm³/mol. The molecular formula is C12H18O2. The molecule has 0 saturated heterocycles. The summed E-state index contributed by atoms with van der Waals surface area (Å²) >= 11 is 0. The Hall–Kier alpha value is -1.05. The van der Waals surface area contributed by atoms with E-state index in [1.165, 1.54) is 6.92 Å². The molecule has 0 bridgehead atoms. The Bertz CT molecular complexity index is 265. The van der Waals surface area contributed by atoms with Gasteiger partial charge >= 0.3 is 5.97 Å². The molecule has 1 rings (SSSR count). The van der Waals surface area contributed by atoms with Gasteiger partial charge in [-0.15, -0.1) is 0 Å². The Morgan fingerprint density at radius 3 is 2.57 bits per heavy atom. The lowest BCUT2D eigenvalue weighted by Crippen LogP contribution is -2.27. The van der Waals surface area contributed by atoms with Gasteiger partial charge in [-0.25, -0.2) is 0 Å². The van der Waals surface area contributed by atoms with E-state index in [1.807, 2.05) is 6.92 Å². The maximum atomic E-state index is 10.8. The molecule has 1 fully saturated rings. The Morgan fingerprint density at radius 1 is 1.43 bits per heavy atom. The van der Waals surface area contributed by atoms with Gasteiger partial charge in [0.15, 0.2) is 0 Å². The molecule has 0 aromatic carbocycles. The van der Waals surface area contributed by atoms with E-state index in [1.54, 1.807) is 0 Å². The van der Waals surface area contributed by atoms with Crippen molar-refractivity contribution in [3.8, 4) is 0 Å². The second kappa shape index (κ2) is 4.45. The van der Waals surface area contributed by atoms with Crippen LogP contribution in [-0.2, 0) is 9.53 Å². The Labute approximate surface area is 85.6 Å². The summed E-state index contributed by atoms with van der Waals surface area (Å²) in [5.74, 6) is 0.103. The van der Waals surface area contributed by atoms with Crippen molar-refractivity contribution in [1.82, 2.24) is 0 Å². The molecule has 1 aliphatic rings. The third kappa shape index (κ3) is 2.47. The Morgan fingerprint density at radius 2 is 2.07 bits per heavy atom. The number of allylic oxidation sites excluding steroid dienone is 1. The zero-order chi connectivity index (χ0) is 10.7.